The van der Waals surface area contributed by atoms with E-state index in [0.29, 0.717) is 18.8 Å². The zero-order valence-electron chi connectivity index (χ0n) is 12.2. The highest BCUT2D eigenvalue weighted by atomic mass is 127. The lowest BCUT2D eigenvalue weighted by molar-refractivity contribution is 0.248. The van der Waals surface area contributed by atoms with Crippen LogP contribution >= 0.6 is 22.6 Å². The van der Waals surface area contributed by atoms with Crippen LogP contribution in [0.3, 0.4) is 0 Å². The van der Waals surface area contributed by atoms with E-state index in [0.717, 1.165) is 29.4 Å². The molecule has 2 N–H and O–H groups in total. The number of hydrogen-bond donors (Lipinski definition) is 2. The van der Waals surface area contributed by atoms with E-state index in [1.807, 2.05) is 25.1 Å². The molecule has 0 saturated carbocycles. The topological polar surface area (TPSA) is 61.4 Å². The average Bonchev–Trinajstić information content (AvgIpc) is 2.47. The first-order valence-corrected chi connectivity index (χ1v) is 9.81. The summed E-state index contributed by atoms with van der Waals surface area (Å²) in [5, 5.41) is 3.26. The van der Waals surface area contributed by atoms with E-state index >= 15 is 0 Å². The summed E-state index contributed by atoms with van der Waals surface area (Å²) in [5.41, 5.74) is 0.644. The number of nitrogens with zero attached hydrogens (tertiary/aromatic N) is 1. The van der Waals surface area contributed by atoms with Crippen molar-refractivity contribution >= 4 is 38.5 Å². The molecule has 0 bridgehead atoms. The number of para-hydroxylation sites is 1. The van der Waals surface area contributed by atoms with Crippen molar-refractivity contribution in [1.29, 1.82) is 0 Å². The molecule has 0 spiro atoms. The second-order valence-electron chi connectivity index (χ2n) is 5.15. The molecule has 1 aliphatic rings. The average molecular weight is 423 g/mol. The minimum atomic E-state index is -3.50. The highest BCUT2D eigenvalue weighted by Crippen LogP contribution is 2.24. The minimum absolute atomic E-state index is 0.0394. The molecule has 7 heteroatoms. The number of halogens is 1. The molecule has 1 fully saturated rings. The van der Waals surface area contributed by atoms with Gasteiger partial charge in [-0.1, -0.05) is 25.5 Å². The van der Waals surface area contributed by atoms with Crippen molar-refractivity contribution < 1.29 is 8.42 Å². The molecule has 0 radical (unpaired) electrons. The van der Waals surface area contributed by atoms with Crippen molar-refractivity contribution in [3.05, 3.63) is 27.8 Å². The van der Waals surface area contributed by atoms with Crippen molar-refractivity contribution in [2.45, 2.75) is 32.2 Å². The first-order chi connectivity index (χ1) is 10.0. The molecular weight excluding hydrogens is 401 g/mol. The Hall–Kier alpha value is -0.380. The highest BCUT2D eigenvalue weighted by Gasteiger charge is 2.32. The van der Waals surface area contributed by atoms with E-state index in [2.05, 4.69) is 32.6 Å². The molecule has 5 nitrogen and oxygen atoms in total. The Labute approximate surface area is 140 Å². The standard InChI is InChI=1S/C14H22IN3O2S/c1-2-16-11-12-7-5-6-10-18(12)21(19,20)17-14-9-4-3-8-13(14)15/h3-4,8-9,12,16-17H,2,5-7,10-11H2,1H3. The van der Waals surface area contributed by atoms with E-state index in [-0.39, 0.29) is 6.04 Å². The largest absolute Gasteiger partial charge is 0.315 e. The lowest BCUT2D eigenvalue weighted by Gasteiger charge is -2.34. The van der Waals surface area contributed by atoms with Crippen LogP contribution in [0.5, 0.6) is 0 Å². The molecule has 1 aromatic carbocycles. The normalized spacial score (nSPS) is 20.4. The van der Waals surface area contributed by atoms with Gasteiger partial charge in [-0.2, -0.15) is 12.7 Å². The van der Waals surface area contributed by atoms with Gasteiger partial charge in [0.05, 0.1) is 5.69 Å². The molecule has 0 aliphatic carbocycles. The van der Waals surface area contributed by atoms with E-state index in [4.69, 9.17) is 0 Å². The summed E-state index contributed by atoms with van der Waals surface area (Å²) in [6.07, 6.45) is 2.93. The number of likely N-dealkylation sites (N-methyl/N-ethyl adjacent to an activating group) is 1. The quantitative estimate of drug-likeness (QED) is 0.691. The molecule has 2 rings (SSSR count). The number of hydrogen-bond acceptors (Lipinski definition) is 3. The maximum Gasteiger partial charge on any atom is 0.301 e. The fourth-order valence-corrected chi connectivity index (χ4v) is 4.77. The van der Waals surface area contributed by atoms with Gasteiger partial charge in [0, 0.05) is 22.7 Å². The summed E-state index contributed by atoms with van der Waals surface area (Å²) >= 11 is 2.14. The van der Waals surface area contributed by atoms with E-state index in [9.17, 15) is 8.42 Å². The van der Waals surface area contributed by atoms with Crippen LogP contribution in [0.25, 0.3) is 0 Å². The number of nitrogens with one attached hydrogen (secondary N) is 2. The Morgan fingerprint density at radius 1 is 1.33 bits per heavy atom. The molecule has 1 unspecified atom stereocenters. The van der Waals surface area contributed by atoms with E-state index in [1.54, 1.807) is 10.4 Å². The van der Waals surface area contributed by atoms with Crippen molar-refractivity contribution in [2.24, 2.45) is 0 Å². The first kappa shape index (κ1) is 17.0. The third kappa shape index (κ3) is 4.54. The van der Waals surface area contributed by atoms with Crippen LogP contribution in [-0.4, -0.2) is 38.4 Å². The van der Waals surface area contributed by atoms with Crippen LogP contribution in [0, 0.1) is 3.57 Å². The summed E-state index contributed by atoms with van der Waals surface area (Å²) in [6, 6.07) is 7.46. The number of piperidine rings is 1. The van der Waals surface area contributed by atoms with Gasteiger partial charge in [-0.3, -0.25) is 4.72 Å². The van der Waals surface area contributed by atoms with Gasteiger partial charge in [-0.25, -0.2) is 0 Å². The second-order valence-corrected chi connectivity index (χ2v) is 7.94. The van der Waals surface area contributed by atoms with Crippen molar-refractivity contribution in [3.8, 4) is 0 Å². The maximum atomic E-state index is 12.7. The SMILES string of the molecule is CCNCC1CCCCN1S(=O)(=O)Nc1ccccc1I. The third-order valence-corrected chi connectivity index (χ3v) is 6.14. The molecule has 1 atom stereocenters. The summed E-state index contributed by atoms with van der Waals surface area (Å²) in [7, 11) is -3.50. The lowest BCUT2D eigenvalue weighted by Crippen LogP contribution is -2.50. The monoisotopic (exact) mass is 423 g/mol. The summed E-state index contributed by atoms with van der Waals surface area (Å²) in [4.78, 5) is 0. The summed E-state index contributed by atoms with van der Waals surface area (Å²) in [5.74, 6) is 0. The van der Waals surface area contributed by atoms with E-state index in [1.165, 1.54) is 0 Å². The molecule has 21 heavy (non-hydrogen) atoms. The van der Waals surface area contributed by atoms with Gasteiger partial charge >= 0.3 is 10.2 Å². The second kappa shape index (κ2) is 7.75. The number of anilines is 1. The molecule has 0 aromatic heterocycles. The zero-order chi connectivity index (χ0) is 15.3. The predicted molar refractivity (Wildman–Crippen MR) is 94.6 cm³/mol. The summed E-state index contributed by atoms with van der Waals surface area (Å²) in [6.45, 7) is 4.19. The molecule has 1 saturated heterocycles. The maximum absolute atomic E-state index is 12.7. The van der Waals surface area contributed by atoms with Crippen LogP contribution in [0.4, 0.5) is 5.69 Å². The fraction of sp³-hybridized carbons (Fsp3) is 0.571. The summed E-state index contributed by atoms with van der Waals surface area (Å²) < 4.78 is 30.6. The number of rotatable bonds is 6. The minimum Gasteiger partial charge on any atom is -0.315 e. The van der Waals surface area contributed by atoms with Crippen molar-refractivity contribution in [3.63, 3.8) is 0 Å². The van der Waals surface area contributed by atoms with E-state index < -0.39 is 10.2 Å². The van der Waals surface area contributed by atoms with Crippen LogP contribution in [-0.2, 0) is 10.2 Å². The van der Waals surface area contributed by atoms with Crippen LogP contribution in [0.2, 0.25) is 0 Å². The Balaban J connectivity index is 2.14. The zero-order valence-corrected chi connectivity index (χ0v) is 15.2. The molecule has 1 heterocycles. The Kier molecular flexibility index (Phi) is 6.27. The van der Waals surface area contributed by atoms with Crippen LogP contribution < -0.4 is 10.0 Å². The fourth-order valence-electron chi connectivity index (χ4n) is 2.55. The first-order valence-electron chi connectivity index (χ1n) is 7.29. The van der Waals surface area contributed by atoms with Gasteiger partial charge in [-0.05, 0) is 54.1 Å². The lowest BCUT2D eigenvalue weighted by atomic mass is 10.1. The predicted octanol–water partition coefficient (Wildman–Crippen LogP) is 2.41. The van der Waals surface area contributed by atoms with Crippen molar-refractivity contribution in [2.75, 3.05) is 24.4 Å². The van der Waals surface area contributed by atoms with Gasteiger partial charge in [0.2, 0.25) is 0 Å². The highest BCUT2D eigenvalue weighted by molar-refractivity contribution is 14.1. The molecule has 0 amide bonds. The molecule has 1 aliphatic heterocycles. The molecular formula is C14H22IN3O2S. The smallest absolute Gasteiger partial charge is 0.301 e. The third-order valence-electron chi connectivity index (χ3n) is 3.62. The Morgan fingerprint density at radius 3 is 2.81 bits per heavy atom. The number of benzene rings is 1. The van der Waals surface area contributed by atoms with Gasteiger partial charge < -0.3 is 5.32 Å². The van der Waals surface area contributed by atoms with Gasteiger partial charge in [0.1, 0.15) is 0 Å². The van der Waals surface area contributed by atoms with Crippen LogP contribution in [0.15, 0.2) is 24.3 Å². The molecule has 118 valence electrons. The van der Waals surface area contributed by atoms with Crippen molar-refractivity contribution in [1.82, 2.24) is 9.62 Å². The van der Waals surface area contributed by atoms with Gasteiger partial charge in [0.15, 0.2) is 0 Å². The molecule has 1 aromatic rings. The Morgan fingerprint density at radius 2 is 2.10 bits per heavy atom. The van der Waals surface area contributed by atoms with Gasteiger partial charge in [-0.15, -0.1) is 0 Å². The van der Waals surface area contributed by atoms with Gasteiger partial charge in [0.25, 0.3) is 0 Å². The van der Waals surface area contributed by atoms with Crippen LogP contribution in [0.1, 0.15) is 26.2 Å². The Bertz CT molecular complexity index is 565.